The molecule has 2 rings (SSSR count). The smallest absolute Gasteiger partial charge is 0.335 e. The molecule has 0 spiro atoms. The van der Waals surface area contributed by atoms with Crippen molar-refractivity contribution in [3.8, 4) is 0 Å². The van der Waals surface area contributed by atoms with Crippen LogP contribution in [0, 0.1) is 10.1 Å². The number of benzene rings is 1. The van der Waals surface area contributed by atoms with Crippen LogP contribution >= 0.6 is 0 Å². The lowest BCUT2D eigenvalue weighted by molar-refractivity contribution is -0.384. The fourth-order valence-corrected chi connectivity index (χ4v) is 2.58. The molecule has 1 fully saturated rings. The van der Waals surface area contributed by atoms with Gasteiger partial charge in [-0.15, -0.1) is 0 Å². The van der Waals surface area contributed by atoms with Crippen LogP contribution in [0.2, 0.25) is 0 Å². The van der Waals surface area contributed by atoms with Crippen LogP contribution in [0.25, 0.3) is 0 Å². The Bertz CT molecular complexity index is 539. The van der Waals surface area contributed by atoms with Crippen molar-refractivity contribution in [2.75, 3.05) is 11.4 Å². The van der Waals surface area contributed by atoms with Crippen LogP contribution in [0.4, 0.5) is 11.4 Å². The first-order valence-corrected chi connectivity index (χ1v) is 6.12. The van der Waals surface area contributed by atoms with E-state index >= 15 is 0 Å². The number of carboxylic acid groups (broad SMARTS) is 1. The number of nitrogens with zero attached hydrogens (tertiary/aromatic N) is 2. The maximum atomic E-state index is 11.1. The van der Waals surface area contributed by atoms with E-state index in [2.05, 4.69) is 0 Å². The Labute approximate surface area is 110 Å². The van der Waals surface area contributed by atoms with Gasteiger partial charge in [-0.1, -0.05) is 0 Å². The highest BCUT2D eigenvalue weighted by atomic mass is 16.6. The Morgan fingerprint density at radius 1 is 1.47 bits per heavy atom. The predicted molar refractivity (Wildman–Crippen MR) is 70.7 cm³/mol. The molecule has 0 aliphatic carbocycles. The van der Waals surface area contributed by atoms with Crippen LogP contribution in [0.1, 0.15) is 37.0 Å². The lowest BCUT2D eigenvalue weighted by Gasteiger charge is -2.33. The second-order valence-corrected chi connectivity index (χ2v) is 5.33. The topological polar surface area (TPSA) is 83.7 Å². The summed E-state index contributed by atoms with van der Waals surface area (Å²) in [5, 5.41) is 20.1. The molecule has 0 aromatic heterocycles. The summed E-state index contributed by atoms with van der Waals surface area (Å²) in [6.07, 6.45) is 1.88. The van der Waals surface area contributed by atoms with E-state index in [1.807, 2.05) is 18.7 Å². The van der Waals surface area contributed by atoms with E-state index in [4.69, 9.17) is 5.11 Å². The van der Waals surface area contributed by atoms with Crippen molar-refractivity contribution in [2.45, 2.75) is 32.2 Å². The zero-order chi connectivity index (χ0) is 14.2. The number of anilines is 1. The molecule has 1 aromatic carbocycles. The predicted octanol–water partition coefficient (Wildman–Crippen LogP) is 2.67. The van der Waals surface area contributed by atoms with Gasteiger partial charge in [0.15, 0.2) is 0 Å². The third kappa shape index (κ3) is 2.38. The zero-order valence-corrected chi connectivity index (χ0v) is 10.9. The standard InChI is InChI=1S/C13H16N2O4/c1-13(2)6-3-7-14(13)11-8-9(12(16)17)4-5-10(11)15(18)19/h4-5,8H,3,6-7H2,1-2H3,(H,16,17). The first-order valence-electron chi connectivity index (χ1n) is 6.12. The number of nitro groups is 1. The van der Waals surface area contributed by atoms with Gasteiger partial charge in [-0.25, -0.2) is 4.79 Å². The molecular weight excluding hydrogens is 248 g/mol. The van der Waals surface area contributed by atoms with Gasteiger partial charge in [0.05, 0.1) is 10.5 Å². The number of hydrogen-bond donors (Lipinski definition) is 1. The molecule has 1 saturated heterocycles. The molecule has 0 radical (unpaired) electrons. The number of aromatic carboxylic acids is 1. The fraction of sp³-hybridized carbons (Fsp3) is 0.462. The molecule has 0 bridgehead atoms. The van der Waals surface area contributed by atoms with Gasteiger partial charge in [-0.3, -0.25) is 10.1 Å². The van der Waals surface area contributed by atoms with Crippen LogP contribution in [0.5, 0.6) is 0 Å². The van der Waals surface area contributed by atoms with Crippen molar-refractivity contribution < 1.29 is 14.8 Å². The SMILES string of the molecule is CC1(C)CCCN1c1cc(C(=O)O)ccc1[N+](=O)[O-]. The Hall–Kier alpha value is -2.11. The Morgan fingerprint density at radius 3 is 2.63 bits per heavy atom. The quantitative estimate of drug-likeness (QED) is 0.670. The highest BCUT2D eigenvalue weighted by Crippen LogP contribution is 2.39. The molecular formula is C13H16N2O4. The maximum Gasteiger partial charge on any atom is 0.335 e. The highest BCUT2D eigenvalue weighted by molar-refractivity contribution is 5.90. The first kappa shape index (κ1) is 13.3. The number of carboxylic acids is 1. The van der Waals surface area contributed by atoms with E-state index in [1.54, 1.807) is 0 Å². The Balaban J connectivity index is 2.55. The van der Waals surface area contributed by atoms with Gasteiger partial charge >= 0.3 is 5.97 Å². The van der Waals surface area contributed by atoms with E-state index < -0.39 is 10.9 Å². The third-order valence-corrected chi connectivity index (χ3v) is 3.61. The summed E-state index contributed by atoms with van der Waals surface area (Å²) in [6.45, 7) is 4.73. The first-order chi connectivity index (χ1) is 8.83. The summed E-state index contributed by atoms with van der Waals surface area (Å²) in [6, 6.07) is 3.94. The molecule has 0 amide bonds. The molecule has 0 unspecified atom stereocenters. The van der Waals surface area contributed by atoms with Gasteiger partial charge < -0.3 is 10.0 Å². The van der Waals surface area contributed by atoms with Crippen molar-refractivity contribution in [2.24, 2.45) is 0 Å². The van der Waals surface area contributed by atoms with Gasteiger partial charge in [-0.2, -0.15) is 0 Å². The minimum atomic E-state index is -1.08. The summed E-state index contributed by atoms with van der Waals surface area (Å²) in [5.41, 5.74) is 0.234. The van der Waals surface area contributed by atoms with E-state index in [1.165, 1.54) is 18.2 Å². The van der Waals surface area contributed by atoms with Crippen LogP contribution < -0.4 is 4.90 Å². The minimum Gasteiger partial charge on any atom is -0.478 e. The van der Waals surface area contributed by atoms with E-state index in [-0.39, 0.29) is 16.8 Å². The average molecular weight is 264 g/mol. The fourth-order valence-electron chi connectivity index (χ4n) is 2.58. The van der Waals surface area contributed by atoms with Gasteiger partial charge in [0, 0.05) is 18.2 Å². The minimum absolute atomic E-state index is 0.0417. The van der Waals surface area contributed by atoms with E-state index in [0.29, 0.717) is 12.2 Å². The Morgan fingerprint density at radius 2 is 2.16 bits per heavy atom. The number of rotatable bonds is 3. The molecule has 1 aromatic rings. The summed E-state index contributed by atoms with van der Waals surface area (Å²) >= 11 is 0. The molecule has 102 valence electrons. The zero-order valence-electron chi connectivity index (χ0n) is 10.9. The van der Waals surface area contributed by atoms with Gasteiger partial charge in [0.2, 0.25) is 0 Å². The molecule has 1 aliphatic rings. The normalized spacial score (nSPS) is 17.5. The van der Waals surface area contributed by atoms with E-state index in [0.717, 1.165) is 12.8 Å². The molecule has 19 heavy (non-hydrogen) atoms. The van der Waals surface area contributed by atoms with Gasteiger partial charge in [-0.05, 0) is 38.8 Å². The number of hydrogen-bond acceptors (Lipinski definition) is 4. The molecule has 0 atom stereocenters. The van der Waals surface area contributed by atoms with Crippen molar-refractivity contribution in [3.63, 3.8) is 0 Å². The Kier molecular flexibility index (Phi) is 3.18. The average Bonchev–Trinajstić information content (AvgIpc) is 2.67. The second kappa shape index (κ2) is 4.53. The molecule has 0 saturated carbocycles. The van der Waals surface area contributed by atoms with Gasteiger partial charge in [0.1, 0.15) is 5.69 Å². The molecule has 6 nitrogen and oxygen atoms in total. The highest BCUT2D eigenvalue weighted by Gasteiger charge is 2.35. The van der Waals surface area contributed by atoms with Crippen LogP contribution in [-0.2, 0) is 0 Å². The largest absolute Gasteiger partial charge is 0.478 e. The maximum absolute atomic E-state index is 11.1. The van der Waals surface area contributed by atoms with Crippen LogP contribution in [0.15, 0.2) is 18.2 Å². The summed E-state index contributed by atoms with van der Waals surface area (Å²) in [5.74, 6) is -1.08. The third-order valence-electron chi connectivity index (χ3n) is 3.61. The lowest BCUT2D eigenvalue weighted by atomic mass is 10.0. The van der Waals surface area contributed by atoms with Gasteiger partial charge in [0.25, 0.3) is 5.69 Å². The van der Waals surface area contributed by atoms with Crippen molar-refractivity contribution in [3.05, 3.63) is 33.9 Å². The van der Waals surface area contributed by atoms with Crippen molar-refractivity contribution in [1.29, 1.82) is 0 Å². The molecule has 1 aliphatic heterocycles. The van der Waals surface area contributed by atoms with E-state index in [9.17, 15) is 14.9 Å². The summed E-state index contributed by atoms with van der Waals surface area (Å²) in [7, 11) is 0. The molecule has 6 heteroatoms. The monoisotopic (exact) mass is 264 g/mol. The lowest BCUT2D eigenvalue weighted by Crippen LogP contribution is -2.38. The summed E-state index contributed by atoms with van der Waals surface area (Å²) in [4.78, 5) is 23.6. The van der Waals surface area contributed by atoms with Crippen molar-refractivity contribution in [1.82, 2.24) is 0 Å². The van der Waals surface area contributed by atoms with Crippen molar-refractivity contribution >= 4 is 17.3 Å². The second-order valence-electron chi connectivity index (χ2n) is 5.33. The molecule has 1 N–H and O–H groups in total. The summed E-state index contributed by atoms with van der Waals surface area (Å²) < 4.78 is 0. The molecule has 1 heterocycles. The van der Waals surface area contributed by atoms with Crippen LogP contribution in [0.3, 0.4) is 0 Å². The number of nitro benzene ring substituents is 1. The van der Waals surface area contributed by atoms with Crippen LogP contribution in [-0.4, -0.2) is 28.1 Å². The number of carbonyl (C=O) groups is 1.